The minimum Gasteiger partial charge on any atom is -0.486 e. The van der Waals surface area contributed by atoms with Gasteiger partial charge in [0.15, 0.2) is 17.5 Å². The number of halogens is 1. The highest BCUT2D eigenvalue weighted by molar-refractivity contribution is 5.79. The van der Waals surface area contributed by atoms with Crippen LogP contribution in [0.1, 0.15) is 32.6 Å². The van der Waals surface area contributed by atoms with Gasteiger partial charge in [-0.3, -0.25) is 9.89 Å². The Labute approximate surface area is 167 Å². The highest BCUT2D eigenvalue weighted by Gasteiger charge is 2.39. The van der Waals surface area contributed by atoms with Crippen molar-refractivity contribution in [3.8, 4) is 5.75 Å². The molecule has 0 bridgehead atoms. The topological polar surface area (TPSA) is 58.1 Å². The molecule has 2 aliphatic heterocycles. The number of nitrogens with zero attached hydrogens (tertiary/aromatic N) is 2. The van der Waals surface area contributed by atoms with E-state index in [4.69, 9.17) is 9.47 Å². The number of ether oxygens (including phenoxy) is 2. The number of para-hydroxylation sites is 1. The number of aliphatic imine (C=N–C) groups is 1. The second-order valence-corrected chi connectivity index (χ2v) is 7.70. The molecule has 0 spiro atoms. The molecule has 6 nitrogen and oxygen atoms in total. The van der Waals surface area contributed by atoms with Crippen LogP contribution in [0.2, 0.25) is 0 Å². The van der Waals surface area contributed by atoms with Crippen molar-refractivity contribution in [2.75, 3.05) is 46.4 Å². The summed E-state index contributed by atoms with van der Waals surface area (Å²) in [5.41, 5.74) is 0.141. The van der Waals surface area contributed by atoms with Gasteiger partial charge in [-0.2, -0.15) is 0 Å². The molecule has 2 N–H and O–H groups in total. The Balaban J connectivity index is 1.50. The van der Waals surface area contributed by atoms with Crippen LogP contribution in [0.25, 0.3) is 0 Å². The average molecular weight is 393 g/mol. The summed E-state index contributed by atoms with van der Waals surface area (Å²) >= 11 is 0. The second-order valence-electron chi connectivity index (χ2n) is 7.70. The third kappa shape index (κ3) is 5.35. The first kappa shape index (κ1) is 20.9. The van der Waals surface area contributed by atoms with E-state index in [1.165, 1.54) is 32.0 Å². The fourth-order valence-corrected chi connectivity index (χ4v) is 4.06. The third-order valence-corrected chi connectivity index (χ3v) is 5.73. The normalized spacial score (nSPS) is 21.3. The molecule has 2 aliphatic rings. The lowest BCUT2D eigenvalue weighted by atomic mass is 9.88. The minimum absolute atomic E-state index is 0.141. The number of hydrogen-bond acceptors (Lipinski definition) is 4. The minimum atomic E-state index is -0.344. The Kier molecular flexibility index (Phi) is 7.50. The lowest BCUT2D eigenvalue weighted by Crippen LogP contribution is -2.58. The molecule has 1 atom stereocenters. The van der Waals surface area contributed by atoms with Gasteiger partial charge in [0.05, 0.1) is 6.54 Å². The molecule has 2 fully saturated rings. The van der Waals surface area contributed by atoms with Gasteiger partial charge >= 0.3 is 0 Å². The van der Waals surface area contributed by atoms with Crippen LogP contribution in [0.4, 0.5) is 4.39 Å². The Hall–Kier alpha value is -1.86. The molecule has 2 saturated heterocycles. The SMILES string of the molecule is CN=C(NCC(C)Oc1ccccc1F)NCC1(N2CCCC2)CCOCC1. The van der Waals surface area contributed by atoms with Gasteiger partial charge in [-0.1, -0.05) is 12.1 Å². The van der Waals surface area contributed by atoms with Gasteiger partial charge in [-0.25, -0.2) is 4.39 Å². The summed E-state index contributed by atoms with van der Waals surface area (Å²) in [6.07, 6.45) is 4.46. The van der Waals surface area contributed by atoms with Crippen LogP contribution in [0.5, 0.6) is 5.75 Å². The van der Waals surface area contributed by atoms with Gasteiger partial charge in [0.25, 0.3) is 0 Å². The molecule has 3 rings (SSSR count). The number of benzene rings is 1. The molecule has 2 heterocycles. The fourth-order valence-electron chi connectivity index (χ4n) is 4.06. The smallest absolute Gasteiger partial charge is 0.191 e. The number of likely N-dealkylation sites (tertiary alicyclic amines) is 1. The van der Waals surface area contributed by atoms with E-state index in [0.29, 0.717) is 6.54 Å². The summed E-state index contributed by atoms with van der Waals surface area (Å²) in [6, 6.07) is 6.47. The Morgan fingerprint density at radius 2 is 1.96 bits per heavy atom. The predicted molar refractivity (Wildman–Crippen MR) is 109 cm³/mol. The van der Waals surface area contributed by atoms with Crippen molar-refractivity contribution in [2.24, 2.45) is 4.99 Å². The molecule has 1 aromatic carbocycles. The lowest BCUT2D eigenvalue weighted by molar-refractivity contribution is -0.0164. The molecule has 0 saturated carbocycles. The van der Waals surface area contributed by atoms with Crippen LogP contribution >= 0.6 is 0 Å². The number of guanidine groups is 1. The summed E-state index contributed by atoms with van der Waals surface area (Å²) in [6.45, 7) is 7.27. The molecule has 1 aromatic rings. The second kappa shape index (κ2) is 10.1. The quantitative estimate of drug-likeness (QED) is 0.551. The highest BCUT2D eigenvalue weighted by atomic mass is 19.1. The van der Waals surface area contributed by atoms with Gasteiger partial charge < -0.3 is 20.1 Å². The molecule has 0 aliphatic carbocycles. The summed E-state index contributed by atoms with van der Waals surface area (Å²) in [7, 11) is 1.77. The largest absolute Gasteiger partial charge is 0.486 e. The molecule has 0 radical (unpaired) electrons. The van der Waals surface area contributed by atoms with Crippen LogP contribution in [0.3, 0.4) is 0 Å². The van der Waals surface area contributed by atoms with E-state index in [2.05, 4.69) is 20.5 Å². The van der Waals surface area contributed by atoms with E-state index in [0.717, 1.165) is 38.6 Å². The van der Waals surface area contributed by atoms with Crippen molar-refractivity contribution in [2.45, 2.75) is 44.2 Å². The molecular weight excluding hydrogens is 359 g/mol. The van der Waals surface area contributed by atoms with E-state index in [1.54, 1.807) is 25.2 Å². The van der Waals surface area contributed by atoms with Gasteiger partial charge in [-0.05, 0) is 57.8 Å². The molecule has 156 valence electrons. The third-order valence-electron chi connectivity index (χ3n) is 5.73. The van der Waals surface area contributed by atoms with E-state index in [1.807, 2.05) is 6.92 Å². The van der Waals surface area contributed by atoms with Crippen molar-refractivity contribution in [1.82, 2.24) is 15.5 Å². The first-order valence-corrected chi connectivity index (χ1v) is 10.3. The van der Waals surface area contributed by atoms with E-state index in [9.17, 15) is 4.39 Å². The molecular formula is C21H33FN4O2. The fraction of sp³-hybridized carbons (Fsp3) is 0.667. The Bertz CT molecular complexity index is 643. The summed E-state index contributed by atoms with van der Waals surface area (Å²) in [5.74, 6) is 0.674. The Morgan fingerprint density at radius 3 is 2.64 bits per heavy atom. The maximum atomic E-state index is 13.7. The van der Waals surface area contributed by atoms with Crippen molar-refractivity contribution >= 4 is 5.96 Å². The zero-order chi connectivity index (χ0) is 19.8. The van der Waals surface area contributed by atoms with Crippen molar-refractivity contribution < 1.29 is 13.9 Å². The van der Waals surface area contributed by atoms with Gasteiger partial charge in [0, 0.05) is 32.3 Å². The first-order valence-electron chi connectivity index (χ1n) is 10.3. The van der Waals surface area contributed by atoms with E-state index in [-0.39, 0.29) is 23.2 Å². The highest BCUT2D eigenvalue weighted by Crippen LogP contribution is 2.30. The molecule has 7 heteroatoms. The van der Waals surface area contributed by atoms with Gasteiger partial charge in [0.2, 0.25) is 0 Å². The van der Waals surface area contributed by atoms with E-state index < -0.39 is 0 Å². The van der Waals surface area contributed by atoms with E-state index >= 15 is 0 Å². The summed E-state index contributed by atoms with van der Waals surface area (Å²) in [5, 5.41) is 6.80. The zero-order valence-corrected chi connectivity index (χ0v) is 17.0. The number of rotatable bonds is 7. The van der Waals surface area contributed by atoms with Crippen molar-refractivity contribution in [3.05, 3.63) is 30.1 Å². The molecule has 28 heavy (non-hydrogen) atoms. The maximum absolute atomic E-state index is 13.7. The summed E-state index contributed by atoms with van der Waals surface area (Å²) < 4.78 is 25.0. The zero-order valence-electron chi connectivity index (χ0n) is 17.0. The van der Waals surface area contributed by atoms with Crippen LogP contribution in [0, 0.1) is 5.82 Å². The van der Waals surface area contributed by atoms with Crippen LogP contribution < -0.4 is 15.4 Å². The standard InChI is InChI=1S/C21H33FN4O2/c1-17(28-19-8-4-3-7-18(19)22)15-24-20(23-2)25-16-21(9-13-27-14-10-21)26-11-5-6-12-26/h3-4,7-8,17H,5-6,9-16H2,1-2H3,(H2,23,24,25). The Morgan fingerprint density at radius 1 is 1.25 bits per heavy atom. The van der Waals surface area contributed by atoms with Crippen LogP contribution in [0.15, 0.2) is 29.3 Å². The average Bonchev–Trinajstić information content (AvgIpc) is 3.26. The number of hydrogen-bond donors (Lipinski definition) is 2. The predicted octanol–water partition coefficient (Wildman–Crippen LogP) is 2.40. The lowest BCUT2D eigenvalue weighted by Gasteiger charge is -2.45. The molecule has 0 amide bonds. The first-order chi connectivity index (χ1) is 13.6. The van der Waals surface area contributed by atoms with Crippen molar-refractivity contribution in [3.63, 3.8) is 0 Å². The number of nitrogens with one attached hydrogen (secondary N) is 2. The van der Waals surface area contributed by atoms with Gasteiger partial charge in [0.1, 0.15) is 6.10 Å². The summed E-state index contributed by atoms with van der Waals surface area (Å²) in [4.78, 5) is 6.97. The maximum Gasteiger partial charge on any atom is 0.191 e. The van der Waals surface area contributed by atoms with Crippen LogP contribution in [-0.2, 0) is 4.74 Å². The van der Waals surface area contributed by atoms with Crippen LogP contribution in [-0.4, -0.2) is 68.9 Å². The monoisotopic (exact) mass is 392 g/mol. The van der Waals surface area contributed by atoms with Gasteiger partial charge in [-0.15, -0.1) is 0 Å². The molecule has 0 aromatic heterocycles. The van der Waals surface area contributed by atoms with Crippen molar-refractivity contribution in [1.29, 1.82) is 0 Å². The molecule has 1 unspecified atom stereocenters.